The number of unbranched alkanes of at least 4 members (excludes halogenated alkanes) is 2. The summed E-state index contributed by atoms with van der Waals surface area (Å²) < 4.78 is 0. The third-order valence-corrected chi connectivity index (χ3v) is 3.98. The van der Waals surface area contributed by atoms with Crippen molar-refractivity contribution in [2.75, 3.05) is 19.4 Å². The fourth-order valence-corrected chi connectivity index (χ4v) is 2.44. The molecule has 0 saturated heterocycles. The molecule has 0 spiro atoms. The first-order chi connectivity index (χ1) is 12.0. The van der Waals surface area contributed by atoms with Crippen LogP contribution < -0.4 is 16.4 Å². The van der Waals surface area contributed by atoms with Crippen LogP contribution in [0.5, 0.6) is 0 Å². The van der Waals surface area contributed by atoms with Gasteiger partial charge in [0.1, 0.15) is 5.82 Å². The molecule has 0 saturated carbocycles. The summed E-state index contributed by atoms with van der Waals surface area (Å²) in [6.45, 7) is 6.14. The standard InChI is InChI=1S/C19H30N6/c1-6-7-8-9-17(21)25-14(3)13(2)18(22-4)16-10-15(11-20)19(23-5)24-12-16/h9-12,20,25H,6-8,21H2,1-5H3,(H,23,24)/b14-13+,17-9+,20-11?,22-18?. The third-order valence-electron chi connectivity index (χ3n) is 3.98. The van der Waals surface area contributed by atoms with E-state index in [2.05, 4.69) is 27.5 Å². The quantitative estimate of drug-likeness (QED) is 0.408. The molecule has 0 unspecified atom stereocenters. The van der Waals surface area contributed by atoms with E-state index in [4.69, 9.17) is 11.1 Å². The Morgan fingerprint density at radius 3 is 2.68 bits per heavy atom. The van der Waals surface area contributed by atoms with Crippen molar-refractivity contribution < 1.29 is 0 Å². The molecule has 0 aliphatic carbocycles. The van der Waals surface area contributed by atoms with Gasteiger partial charge in [0.05, 0.1) is 11.5 Å². The number of pyridine rings is 1. The van der Waals surface area contributed by atoms with E-state index >= 15 is 0 Å². The van der Waals surface area contributed by atoms with Gasteiger partial charge in [-0.2, -0.15) is 0 Å². The fraction of sp³-hybridized carbons (Fsp3) is 0.421. The van der Waals surface area contributed by atoms with Gasteiger partial charge in [-0.3, -0.25) is 4.99 Å². The maximum atomic E-state index is 7.55. The van der Waals surface area contributed by atoms with Gasteiger partial charge in [0, 0.05) is 43.3 Å². The Hall–Kier alpha value is -2.63. The average molecular weight is 342 g/mol. The molecule has 0 aliphatic rings. The Bertz CT molecular complexity index is 685. The number of nitrogens with one attached hydrogen (secondary N) is 3. The maximum Gasteiger partial charge on any atom is 0.134 e. The van der Waals surface area contributed by atoms with Crippen molar-refractivity contribution in [3.63, 3.8) is 0 Å². The highest BCUT2D eigenvalue weighted by Gasteiger charge is 2.11. The zero-order valence-electron chi connectivity index (χ0n) is 15.9. The third kappa shape index (κ3) is 5.74. The predicted octanol–water partition coefficient (Wildman–Crippen LogP) is 3.41. The van der Waals surface area contributed by atoms with Crippen molar-refractivity contribution in [2.45, 2.75) is 40.0 Å². The highest BCUT2D eigenvalue weighted by atomic mass is 15.0. The number of rotatable bonds is 9. The van der Waals surface area contributed by atoms with Crippen LogP contribution in [0, 0.1) is 5.41 Å². The largest absolute Gasteiger partial charge is 0.386 e. The lowest BCUT2D eigenvalue weighted by molar-refractivity contribution is 0.799. The van der Waals surface area contributed by atoms with Crippen LogP contribution in [0.1, 0.15) is 51.2 Å². The van der Waals surface area contributed by atoms with Crippen molar-refractivity contribution in [3.05, 3.63) is 46.6 Å². The lowest BCUT2D eigenvalue weighted by atomic mass is 10.0. The topological polar surface area (TPSA) is 99.2 Å². The van der Waals surface area contributed by atoms with Gasteiger partial charge < -0.3 is 21.8 Å². The molecule has 1 rings (SSSR count). The number of hydrogen-bond acceptors (Lipinski definition) is 6. The lowest BCUT2D eigenvalue weighted by Crippen LogP contribution is -2.21. The first kappa shape index (κ1) is 20.4. The van der Waals surface area contributed by atoms with Crippen molar-refractivity contribution >= 4 is 17.7 Å². The Labute approximate surface area is 150 Å². The summed E-state index contributed by atoms with van der Waals surface area (Å²) in [4.78, 5) is 8.78. The molecule has 1 aromatic heterocycles. The maximum absolute atomic E-state index is 7.55. The summed E-state index contributed by atoms with van der Waals surface area (Å²) >= 11 is 0. The second-order valence-corrected chi connectivity index (χ2v) is 5.81. The predicted molar refractivity (Wildman–Crippen MR) is 107 cm³/mol. The minimum Gasteiger partial charge on any atom is -0.386 e. The molecular formula is C19H30N6. The van der Waals surface area contributed by atoms with Gasteiger partial charge in [0.2, 0.25) is 0 Å². The van der Waals surface area contributed by atoms with Crippen molar-refractivity contribution in [1.29, 1.82) is 5.41 Å². The first-order valence-electron chi connectivity index (χ1n) is 8.54. The first-order valence-corrected chi connectivity index (χ1v) is 8.54. The minimum absolute atomic E-state index is 0.657. The van der Waals surface area contributed by atoms with Crippen molar-refractivity contribution in [2.24, 2.45) is 10.7 Å². The summed E-state index contributed by atoms with van der Waals surface area (Å²) in [6, 6.07) is 1.91. The molecule has 1 aromatic rings. The Balaban J connectivity index is 3.09. The van der Waals surface area contributed by atoms with E-state index in [1.54, 1.807) is 20.3 Å². The summed E-state index contributed by atoms with van der Waals surface area (Å²) in [5.41, 5.74) is 10.4. The number of aromatic nitrogens is 1. The summed E-state index contributed by atoms with van der Waals surface area (Å²) in [6.07, 6.45) is 8.30. The molecule has 0 amide bonds. The highest BCUT2D eigenvalue weighted by molar-refractivity contribution is 6.13. The van der Waals surface area contributed by atoms with Gasteiger partial charge in [-0.25, -0.2) is 4.98 Å². The van der Waals surface area contributed by atoms with Crippen molar-refractivity contribution in [3.8, 4) is 0 Å². The van der Waals surface area contributed by atoms with E-state index in [0.717, 1.165) is 47.4 Å². The zero-order valence-corrected chi connectivity index (χ0v) is 15.9. The normalized spacial score (nSPS) is 13.3. The van der Waals surface area contributed by atoms with Gasteiger partial charge in [-0.1, -0.05) is 13.3 Å². The molecule has 0 radical (unpaired) electrons. The molecule has 6 nitrogen and oxygen atoms in total. The van der Waals surface area contributed by atoms with Crippen LogP contribution in [0.2, 0.25) is 0 Å². The van der Waals surface area contributed by atoms with Crippen LogP contribution in [0.15, 0.2) is 40.4 Å². The minimum atomic E-state index is 0.657. The van der Waals surface area contributed by atoms with E-state index in [0.29, 0.717) is 11.6 Å². The second kappa shape index (κ2) is 10.3. The van der Waals surface area contributed by atoms with Gasteiger partial charge in [0.25, 0.3) is 0 Å². The number of anilines is 1. The number of nitrogens with zero attached hydrogens (tertiary/aromatic N) is 2. The van der Waals surface area contributed by atoms with Crippen LogP contribution in [0.3, 0.4) is 0 Å². The van der Waals surface area contributed by atoms with E-state index in [-0.39, 0.29) is 0 Å². The van der Waals surface area contributed by atoms with E-state index in [1.807, 2.05) is 26.0 Å². The molecule has 0 aromatic carbocycles. The average Bonchev–Trinajstić information content (AvgIpc) is 2.62. The number of nitrogens with two attached hydrogens (primary N) is 1. The summed E-state index contributed by atoms with van der Waals surface area (Å²) in [5.74, 6) is 1.33. The van der Waals surface area contributed by atoms with Gasteiger partial charge >= 0.3 is 0 Å². The Kier molecular flexibility index (Phi) is 8.39. The number of allylic oxidation sites excluding steroid dienone is 3. The zero-order chi connectivity index (χ0) is 18.8. The molecule has 5 N–H and O–H groups in total. The Morgan fingerprint density at radius 2 is 2.12 bits per heavy atom. The van der Waals surface area contributed by atoms with Crippen LogP contribution in [-0.2, 0) is 0 Å². The lowest BCUT2D eigenvalue weighted by Gasteiger charge is -2.14. The molecule has 6 heteroatoms. The molecule has 0 bridgehead atoms. The van der Waals surface area contributed by atoms with E-state index in [9.17, 15) is 0 Å². The van der Waals surface area contributed by atoms with Gasteiger partial charge in [-0.15, -0.1) is 0 Å². The van der Waals surface area contributed by atoms with Crippen LogP contribution in [-0.4, -0.2) is 31.0 Å². The number of aliphatic imine (C=N–C) groups is 1. The highest BCUT2D eigenvalue weighted by Crippen LogP contribution is 2.17. The molecule has 136 valence electrons. The monoisotopic (exact) mass is 342 g/mol. The van der Waals surface area contributed by atoms with E-state index in [1.165, 1.54) is 6.21 Å². The van der Waals surface area contributed by atoms with Gasteiger partial charge in [0.15, 0.2) is 0 Å². The molecular weight excluding hydrogens is 312 g/mol. The smallest absolute Gasteiger partial charge is 0.134 e. The molecule has 0 aliphatic heterocycles. The molecule has 0 fully saturated rings. The molecule has 1 heterocycles. The Morgan fingerprint density at radius 1 is 1.40 bits per heavy atom. The van der Waals surface area contributed by atoms with Crippen LogP contribution in [0.4, 0.5) is 5.82 Å². The molecule has 25 heavy (non-hydrogen) atoms. The molecule has 0 atom stereocenters. The second-order valence-electron chi connectivity index (χ2n) is 5.81. The van der Waals surface area contributed by atoms with Crippen LogP contribution >= 0.6 is 0 Å². The SMILES string of the molecule is CCCC/C=C(\N)N/C(C)=C(\C)C(=NC)c1cnc(NC)c(C=N)c1. The van der Waals surface area contributed by atoms with E-state index < -0.39 is 0 Å². The summed E-state index contributed by atoms with van der Waals surface area (Å²) in [7, 11) is 3.54. The fourth-order valence-electron chi connectivity index (χ4n) is 2.44. The summed E-state index contributed by atoms with van der Waals surface area (Å²) in [5, 5.41) is 13.8. The van der Waals surface area contributed by atoms with Crippen molar-refractivity contribution in [1.82, 2.24) is 10.3 Å². The van der Waals surface area contributed by atoms with Crippen LogP contribution in [0.25, 0.3) is 0 Å². The van der Waals surface area contributed by atoms with Gasteiger partial charge in [-0.05, 0) is 44.4 Å². The number of hydrogen-bond donors (Lipinski definition) is 4.